The Bertz CT molecular complexity index is 360. The van der Waals surface area contributed by atoms with Crippen molar-refractivity contribution in [1.29, 1.82) is 0 Å². The summed E-state index contributed by atoms with van der Waals surface area (Å²) in [6, 6.07) is 0. The molecular formula is C8H12N4O2. The number of aromatic nitrogens is 2. The van der Waals surface area contributed by atoms with Crippen LogP contribution in [0.1, 0.15) is 19.8 Å². The second kappa shape index (κ2) is 3.21. The smallest absolute Gasteiger partial charge is 0.265 e. The predicted octanol–water partition coefficient (Wildman–Crippen LogP) is 0.492. The molecule has 2 rings (SSSR count). The number of nitrogens with one attached hydrogen (secondary N) is 2. The number of aromatic amines is 1. The third-order valence-corrected chi connectivity index (χ3v) is 2.11. The van der Waals surface area contributed by atoms with Gasteiger partial charge in [0.1, 0.15) is 11.5 Å². The Kier molecular flexibility index (Phi) is 2.03. The molecule has 0 bridgehead atoms. The molecule has 1 atom stereocenters. The van der Waals surface area contributed by atoms with Gasteiger partial charge >= 0.3 is 0 Å². The van der Waals surface area contributed by atoms with Gasteiger partial charge in [0.2, 0.25) is 0 Å². The van der Waals surface area contributed by atoms with Crippen LogP contribution in [0.25, 0.3) is 0 Å². The van der Waals surface area contributed by atoms with E-state index in [0.717, 1.165) is 6.42 Å². The molecule has 76 valence electrons. The number of nitrogen functional groups attached to an aromatic ring is 1. The molecule has 0 radical (unpaired) electrons. The van der Waals surface area contributed by atoms with Gasteiger partial charge in [-0.05, 0) is 6.42 Å². The highest BCUT2D eigenvalue weighted by Gasteiger charge is 2.30. The van der Waals surface area contributed by atoms with Crippen molar-refractivity contribution in [2.24, 2.45) is 0 Å². The van der Waals surface area contributed by atoms with Gasteiger partial charge in [0.05, 0.1) is 0 Å². The fourth-order valence-corrected chi connectivity index (χ4v) is 1.39. The van der Waals surface area contributed by atoms with Gasteiger partial charge in [-0.25, -0.2) is 0 Å². The number of hydrogen-bond acceptors (Lipinski definition) is 4. The van der Waals surface area contributed by atoms with Gasteiger partial charge < -0.3 is 15.8 Å². The quantitative estimate of drug-likeness (QED) is 0.641. The molecule has 1 unspecified atom stereocenters. The third kappa shape index (κ3) is 1.28. The maximum Gasteiger partial charge on any atom is 0.265 e. The average molecular weight is 196 g/mol. The Balaban J connectivity index is 2.23. The number of carbonyl (C=O) groups excluding carboxylic acids is 1. The lowest BCUT2D eigenvalue weighted by Gasteiger charge is -2.21. The largest absolute Gasteiger partial charge is 0.462 e. The van der Waals surface area contributed by atoms with Gasteiger partial charge in [-0.2, -0.15) is 0 Å². The Morgan fingerprint density at radius 1 is 1.64 bits per heavy atom. The molecule has 4 N–H and O–H groups in total. The summed E-state index contributed by atoms with van der Waals surface area (Å²) in [6.07, 6.45) is 1.11. The van der Waals surface area contributed by atoms with E-state index in [2.05, 4.69) is 15.5 Å². The first-order valence-corrected chi connectivity index (χ1v) is 4.53. The van der Waals surface area contributed by atoms with Gasteiger partial charge in [-0.3, -0.25) is 9.89 Å². The molecule has 0 aromatic carbocycles. The van der Waals surface area contributed by atoms with Crippen LogP contribution in [-0.4, -0.2) is 22.2 Å². The number of ether oxygens (including phenoxy) is 1. The standard InChI is InChI=1S/C8H12N4O2/c1-2-3-4-7(13)10-5-6(9)11-12-8(5)14-4/h4H,2-3H2,1H3,(H,10,13)(H3,9,11,12). The number of rotatable bonds is 2. The first kappa shape index (κ1) is 8.86. The molecule has 2 heterocycles. The van der Waals surface area contributed by atoms with Crippen molar-refractivity contribution in [3.8, 4) is 5.88 Å². The topological polar surface area (TPSA) is 93.0 Å². The van der Waals surface area contributed by atoms with Gasteiger partial charge in [0.25, 0.3) is 11.8 Å². The van der Waals surface area contributed by atoms with E-state index >= 15 is 0 Å². The molecule has 1 aromatic heterocycles. The van der Waals surface area contributed by atoms with Gasteiger partial charge in [-0.1, -0.05) is 13.3 Å². The molecule has 1 aromatic rings. The van der Waals surface area contributed by atoms with E-state index in [-0.39, 0.29) is 5.91 Å². The highest BCUT2D eigenvalue weighted by molar-refractivity contribution is 5.99. The van der Waals surface area contributed by atoms with Crippen LogP contribution in [0.5, 0.6) is 5.88 Å². The van der Waals surface area contributed by atoms with Crippen molar-refractivity contribution in [2.75, 3.05) is 11.1 Å². The number of fused-ring (bicyclic) bond motifs is 1. The van der Waals surface area contributed by atoms with Gasteiger partial charge in [0, 0.05) is 0 Å². The fourth-order valence-electron chi connectivity index (χ4n) is 1.39. The second-order valence-electron chi connectivity index (χ2n) is 3.20. The molecule has 0 spiro atoms. The summed E-state index contributed by atoms with van der Waals surface area (Å²) in [5, 5.41) is 9.05. The zero-order valence-electron chi connectivity index (χ0n) is 7.83. The molecule has 0 saturated heterocycles. The fraction of sp³-hybridized carbons (Fsp3) is 0.500. The highest BCUT2D eigenvalue weighted by Crippen LogP contribution is 2.32. The van der Waals surface area contributed by atoms with Crippen LogP contribution < -0.4 is 15.8 Å². The number of anilines is 2. The van der Waals surface area contributed by atoms with Crippen molar-refractivity contribution in [3.63, 3.8) is 0 Å². The summed E-state index contributed by atoms with van der Waals surface area (Å²) < 4.78 is 5.37. The average Bonchev–Trinajstić information content (AvgIpc) is 2.50. The summed E-state index contributed by atoms with van der Waals surface area (Å²) in [4.78, 5) is 11.5. The maximum absolute atomic E-state index is 11.5. The summed E-state index contributed by atoms with van der Waals surface area (Å²) in [5.41, 5.74) is 5.98. The van der Waals surface area contributed by atoms with Crippen LogP contribution >= 0.6 is 0 Å². The molecule has 6 heteroatoms. The zero-order chi connectivity index (χ0) is 10.1. The monoisotopic (exact) mass is 196 g/mol. The first-order chi connectivity index (χ1) is 6.72. The van der Waals surface area contributed by atoms with Crippen molar-refractivity contribution < 1.29 is 9.53 Å². The molecule has 1 amide bonds. The molecule has 0 fully saturated rings. The number of hydrogen-bond donors (Lipinski definition) is 3. The minimum absolute atomic E-state index is 0.160. The molecule has 0 aliphatic carbocycles. The van der Waals surface area contributed by atoms with Crippen LogP contribution in [0.15, 0.2) is 0 Å². The van der Waals surface area contributed by atoms with Gasteiger partial charge in [0.15, 0.2) is 6.10 Å². The lowest BCUT2D eigenvalue weighted by atomic mass is 10.2. The Hall–Kier alpha value is -1.72. The molecule has 1 aliphatic rings. The predicted molar refractivity (Wildman–Crippen MR) is 51.0 cm³/mol. The number of H-pyrrole nitrogens is 1. The maximum atomic E-state index is 11.5. The zero-order valence-corrected chi connectivity index (χ0v) is 7.83. The summed E-state index contributed by atoms with van der Waals surface area (Å²) in [7, 11) is 0. The molecule has 0 saturated carbocycles. The van der Waals surface area contributed by atoms with Crippen LogP contribution in [0.2, 0.25) is 0 Å². The third-order valence-electron chi connectivity index (χ3n) is 2.11. The van der Waals surface area contributed by atoms with Crippen molar-refractivity contribution in [2.45, 2.75) is 25.9 Å². The van der Waals surface area contributed by atoms with E-state index in [4.69, 9.17) is 10.5 Å². The van der Waals surface area contributed by atoms with E-state index in [1.54, 1.807) is 0 Å². The Morgan fingerprint density at radius 2 is 2.43 bits per heavy atom. The van der Waals surface area contributed by atoms with Crippen LogP contribution in [0.3, 0.4) is 0 Å². The molecule has 14 heavy (non-hydrogen) atoms. The second-order valence-corrected chi connectivity index (χ2v) is 3.20. The van der Waals surface area contributed by atoms with Crippen LogP contribution in [0.4, 0.5) is 11.5 Å². The normalized spacial score (nSPS) is 19.8. The van der Waals surface area contributed by atoms with Crippen molar-refractivity contribution in [1.82, 2.24) is 10.2 Å². The van der Waals surface area contributed by atoms with E-state index in [9.17, 15) is 4.79 Å². The highest BCUT2D eigenvalue weighted by atomic mass is 16.5. The van der Waals surface area contributed by atoms with Gasteiger partial charge in [-0.15, -0.1) is 5.10 Å². The van der Waals surface area contributed by atoms with E-state index in [1.807, 2.05) is 6.92 Å². The first-order valence-electron chi connectivity index (χ1n) is 4.53. The lowest BCUT2D eigenvalue weighted by Crippen LogP contribution is -2.36. The van der Waals surface area contributed by atoms with E-state index in [1.165, 1.54) is 0 Å². The number of nitrogens with zero attached hydrogens (tertiary/aromatic N) is 1. The van der Waals surface area contributed by atoms with E-state index < -0.39 is 6.10 Å². The molecule has 1 aliphatic heterocycles. The SMILES string of the molecule is CCCC1Oc2n[nH]c(N)c2NC1=O. The Morgan fingerprint density at radius 3 is 3.14 bits per heavy atom. The number of carbonyl (C=O) groups is 1. The molecular weight excluding hydrogens is 184 g/mol. The summed E-state index contributed by atoms with van der Waals surface area (Å²) in [6.45, 7) is 1.99. The lowest BCUT2D eigenvalue weighted by molar-refractivity contribution is -0.123. The number of amides is 1. The number of nitrogens with two attached hydrogens (primary N) is 1. The molecule has 6 nitrogen and oxygen atoms in total. The van der Waals surface area contributed by atoms with Crippen molar-refractivity contribution >= 4 is 17.4 Å². The summed E-state index contributed by atoms with van der Waals surface area (Å²) >= 11 is 0. The Labute approximate surface area is 80.8 Å². The van der Waals surface area contributed by atoms with E-state index in [0.29, 0.717) is 23.8 Å². The minimum Gasteiger partial charge on any atom is -0.462 e. The van der Waals surface area contributed by atoms with Crippen LogP contribution in [0, 0.1) is 0 Å². The van der Waals surface area contributed by atoms with Crippen LogP contribution in [-0.2, 0) is 4.79 Å². The minimum atomic E-state index is -0.449. The van der Waals surface area contributed by atoms with Crippen molar-refractivity contribution in [3.05, 3.63) is 0 Å². The summed E-state index contributed by atoms with van der Waals surface area (Å²) in [5.74, 6) is 0.538.